The van der Waals surface area contributed by atoms with E-state index in [9.17, 15) is 0 Å². The molecule has 2 aromatic heterocycles. The van der Waals surface area contributed by atoms with Crippen LogP contribution < -0.4 is 0 Å². The van der Waals surface area contributed by atoms with Gasteiger partial charge in [-0.1, -0.05) is 27.7 Å². The van der Waals surface area contributed by atoms with Crippen molar-refractivity contribution in [2.45, 2.75) is 91.9 Å². The van der Waals surface area contributed by atoms with Gasteiger partial charge >= 0.3 is 710 Å². The van der Waals surface area contributed by atoms with Crippen molar-refractivity contribution in [3.63, 3.8) is 0 Å². The Bertz CT molecular complexity index is 7910. The minimum atomic E-state index is -0.597. The fraction of sp³-hybridized carbons (Fsp3) is 0.119. The van der Waals surface area contributed by atoms with Crippen LogP contribution in [0, 0.1) is 23.3 Å². The average molecular weight is 1740 g/mol. The van der Waals surface area contributed by atoms with E-state index in [1.807, 2.05) is 84.9 Å². The molecule has 0 aliphatic carbocycles. The van der Waals surface area contributed by atoms with Gasteiger partial charge in [-0.15, -0.1) is 0 Å². The molecule has 0 unspecified atom stereocenters. The van der Waals surface area contributed by atoms with Gasteiger partial charge in [0.1, 0.15) is 0 Å². The van der Waals surface area contributed by atoms with Crippen molar-refractivity contribution in [2.75, 3.05) is 0 Å². The summed E-state index contributed by atoms with van der Waals surface area (Å²) in [5.74, 6) is -2.38. The van der Waals surface area contributed by atoms with Crippen molar-refractivity contribution in [3.05, 3.63) is 385 Å². The number of hydrogen-bond donors (Lipinski definition) is 0. The molecular weight excluding hydrogens is 1650 g/mol. The van der Waals surface area contributed by atoms with Gasteiger partial charge < -0.3 is 0 Å². The fourth-order valence-corrected chi connectivity index (χ4v) is 24.8. The number of benzene rings is 20. The first-order valence-corrected chi connectivity index (χ1v) is 46.3. The molecule has 6 heteroatoms. The Balaban J connectivity index is 0.000000154. The standard InChI is InChI=1S/C66H60Se.C52H28F4Se/c1-11-40-33-42(35-44(34-40)64(2,3)4)60-49-23-14-12-21-47(49)59(48-22-13-15-24-50(48)60)41-31-32-58-57(38-41)55-29-20-30-56(63(55)67-58)62-53-27-18-16-25-51(53)61(52-26-17-19-28-54(52)62)43-36-45(65(5,6)7)39-46(37-43)66(8,9)10;53-41-22-10-23-42(54)50(41)48-34-16-5-1-12-30(34)46(31-13-2-6-17-35(31)48)29-26-27-45-40(28-29)38-20-9-21-39(52(38)57-45)47-32-14-3-7-18-36(32)49(37-19-8-4-15-33(37)47)51-43(55)24-11-25-44(51)56/h12-39H,11H2,1-10H3;1-28H. The second kappa shape index (κ2) is 30.3. The summed E-state index contributed by atoms with van der Waals surface area (Å²) in [5, 5.41) is 22.3. The Morgan fingerprint density at radius 1 is 0.202 bits per heavy atom. The molecule has 22 aromatic rings. The molecule has 0 amide bonds. The van der Waals surface area contributed by atoms with Gasteiger partial charge in [0, 0.05) is 0 Å². The summed E-state index contributed by atoms with van der Waals surface area (Å²) < 4.78 is 67.5. The van der Waals surface area contributed by atoms with Crippen LogP contribution in [0.5, 0.6) is 0 Å². The monoisotopic (exact) mass is 1740 g/mol. The van der Waals surface area contributed by atoms with Gasteiger partial charge in [0.25, 0.3) is 0 Å². The minimum absolute atomic E-state index is 0.0181. The molecule has 0 bridgehead atoms. The van der Waals surface area contributed by atoms with E-state index in [4.69, 9.17) is 0 Å². The maximum atomic E-state index is 15.5. The van der Waals surface area contributed by atoms with E-state index in [1.165, 1.54) is 174 Å². The van der Waals surface area contributed by atoms with Gasteiger partial charge in [0.05, 0.1) is 0 Å². The van der Waals surface area contributed by atoms with E-state index in [1.54, 1.807) is 0 Å². The Morgan fingerprint density at radius 3 is 0.726 bits per heavy atom. The second-order valence-electron chi connectivity index (χ2n) is 36.4. The topological polar surface area (TPSA) is 0 Å². The van der Waals surface area contributed by atoms with Gasteiger partial charge in [0.2, 0.25) is 0 Å². The molecular formula is C118H88F4Se2. The van der Waals surface area contributed by atoms with Crippen LogP contribution in [0.15, 0.2) is 340 Å². The van der Waals surface area contributed by atoms with Crippen molar-refractivity contribution in [3.8, 4) is 89.0 Å². The van der Waals surface area contributed by atoms with Crippen LogP contribution in [0.2, 0.25) is 0 Å². The first-order valence-electron chi connectivity index (χ1n) is 42.9. The summed E-state index contributed by atoms with van der Waals surface area (Å²) in [6.07, 6.45) is 1.01. The van der Waals surface area contributed by atoms with Crippen LogP contribution in [0.4, 0.5) is 17.6 Å². The molecule has 0 atom stereocenters. The SMILES string of the molecule is CCc1cc(-c2c3ccccc3c(-c3ccc4[se]c5c(-c6c7ccccc7c(-c7cc(C(C)(C)C)cc(C(C)(C)C)c7)c7ccccc67)cccc5c4c3)c3ccccc23)cc(C(C)(C)C)c1.Fc1cccc(F)c1-c1c2ccccc2c(-c2ccc3[se]c4c(-c5c6ccccc6c(-c6c(F)cccc6F)c6ccccc56)cccc4c3c2)c2ccccc12. The molecule has 0 aliphatic rings. The Labute approximate surface area is 731 Å². The quantitative estimate of drug-likeness (QED) is 0.0768. The van der Waals surface area contributed by atoms with E-state index < -0.39 is 23.3 Å². The third-order valence-corrected chi connectivity index (χ3v) is 30.9. The summed E-state index contributed by atoms with van der Waals surface area (Å²) in [6.45, 7) is 23.3. The van der Waals surface area contributed by atoms with Crippen LogP contribution in [-0.4, -0.2) is 29.0 Å². The number of aryl methyl sites for hydroxylation is 1. The molecule has 0 spiro atoms. The molecule has 20 aromatic carbocycles. The number of halogens is 4. The van der Waals surface area contributed by atoms with E-state index in [0.29, 0.717) is 11.1 Å². The van der Waals surface area contributed by atoms with Crippen molar-refractivity contribution in [2.24, 2.45) is 0 Å². The molecule has 0 saturated carbocycles. The van der Waals surface area contributed by atoms with Gasteiger partial charge in [-0.25, -0.2) is 0 Å². The molecule has 0 radical (unpaired) electrons. The molecule has 0 aliphatic heterocycles. The van der Waals surface area contributed by atoms with E-state index >= 15 is 17.6 Å². The molecule has 0 saturated heterocycles. The summed E-state index contributed by atoms with van der Waals surface area (Å²) in [4.78, 5) is 0. The van der Waals surface area contributed by atoms with E-state index in [2.05, 4.69) is 288 Å². The van der Waals surface area contributed by atoms with Crippen molar-refractivity contribution >= 4 is 154 Å². The molecule has 600 valence electrons. The second-order valence-corrected chi connectivity index (χ2v) is 40.8. The van der Waals surface area contributed by atoms with Crippen LogP contribution in [0.25, 0.3) is 214 Å². The number of rotatable bonds is 9. The number of hydrogen-bond acceptors (Lipinski definition) is 0. The zero-order valence-corrected chi connectivity index (χ0v) is 74.3. The first-order chi connectivity index (χ1) is 60.1. The number of fused-ring (bicyclic) bond motifs is 14. The Hall–Kier alpha value is -12.8. The Morgan fingerprint density at radius 2 is 0.444 bits per heavy atom. The van der Waals surface area contributed by atoms with Gasteiger partial charge in [0.15, 0.2) is 0 Å². The van der Waals surface area contributed by atoms with Gasteiger partial charge in [-0.05, 0) is 0 Å². The molecule has 2 heterocycles. The maximum absolute atomic E-state index is 15.5. The Kier molecular flexibility index (Phi) is 19.2. The molecule has 124 heavy (non-hydrogen) atoms. The van der Waals surface area contributed by atoms with E-state index in [-0.39, 0.29) is 56.4 Å². The fourth-order valence-electron chi connectivity index (χ4n) is 19.8. The molecule has 0 fully saturated rings. The van der Waals surface area contributed by atoms with Crippen LogP contribution in [0.1, 0.15) is 91.5 Å². The summed E-state index contributed by atoms with van der Waals surface area (Å²) in [5.41, 5.74) is 21.4. The van der Waals surface area contributed by atoms with Crippen LogP contribution in [0.3, 0.4) is 0 Å². The molecule has 0 nitrogen and oxygen atoms in total. The van der Waals surface area contributed by atoms with Crippen molar-refractivity contribution in [1.82, 2.24) is 0 Å². The molecule has 0 N–H and O–H groups in total. The summed E-state index contributed by atoms with van der Waals surface area (Å²) >= 11 is 0.0844. The van der Waals surface area contributed by atoms with Crippen LogP contribution in [-0.2, 0) is 22.7 Å². The average Bonchev–Trinajstić information content (AvgIpc) is 1.28. The molecule has 22 rings (SSSR count). The zero-order chi connectivity index (χ0) is 84.9. The van der Waals surface area contributed by atoms with Crippen LogP contribution >= 0.6 is 0 Å². The van der Waals surface area contributed by atoms with Gasteiger partial charge in [-0.3, -0.25) is 0 Å². The first kappa shape index (κ1) is 78.5. The van der Waals surface area contributed by atoms with Gasteiger partial charge in [-0.2, -0.15) is 0 Å². The van der Waals surface area contributed by atoms with E-state index in [0.717, 1.165) is 82.5 Å². The summed E-state index contributed by atoms with van der Waals surface area (Å²) in [7, 11) is 0. The van der Waals surface area contributed by atoms with Crippen molar-refractivity contribution < 1.29 is 17.6 Å². The zero-order valence-electron chi connectivity index (χ0n) is 70.9. The third-order valence-electron chi connectivity index (χ3n) is 25.8. The summed E-state index contributed by atoms with van der Waals surface area (Å²) in [6, 6.07) is 119. The van der Waals surface area contributed by atoms with Crippen molar-refractivity contribution in [1.29, 1.82) is 0 Å². The normalized spacial score (nSPS) is 12.3. The predicted molar refractivity (Wildman–Crippen MR) is 526 cm³/mol. The predicted octanol–water partition coefficient (Wildman–Crippen LogP) is 33.7. The third kappa shape index (κ3) is 13.0.